The number of hydrogen-bond donors (Lipinski definition) is 0. The molecule has 1 unspecified atom stereocenters. The summed E-state index contributed by atoms with van der Waals surface area (Å²) in [5.74, 6) is 0. The number of alkyl halides is 4. The zero-order chi connectivity index (χ0) is 10.8. The van der Waals surface area contributed by atoms with Crippen LogP contribution < -0.4 is 0 Å². The van der Waals surface area contributed by atoms with Crippen LogP contribution in [0.4, 0.5) is 13.2 Å². The Morgan fingerprint density at radius 2 is 2.00 bits per heavy atom. The quantitative estimate of drug-likeness (QED) is 0.671. The molecule has 14 heavy (non-hydrogen) atoms. The van der Waals surface area contributed by atoms with E-state index in [1.165, 1.54) is 11.3 Å². The molecule has 1 heterocycles. The van der Waals surface area contributed by atoms with Gasteiger partial charge < -0.3 is 0 Å². The molecule has 0 fully saturated rings. The second-order valence-electron chi connectivity index (χ2n) is 2.76. The predicted octanol–water partition coefficient (Wildman–Crippen LogP) is 5.02. The molecule has 0 aliphatic rings. The molecule has 0 saturated heterocycles. The molecule has 0 bridgehead atoms. The van der Waals surface area contributed by atoms with Gasteiger partial charge in [0.2, 0.25) is 0 Å². The second kappa shape index (κ2) is 4.73. The molecule has 0 aliphatic carbocycles. The van der Waals surface area contributed by atoms with E-state index in [1.54, 1.807) is 12.1 Å². The smallest absolute Gasteiger partial charge is 0.171 e. The summed E-state index contributed by atoms with van der Waals surface area (Å²) in [6.45, 7) is 0. The lowest BCUT2D eigenvalue weighted by Crippen LogP contribution is -2.07. The van der Waals surface area contributed by atoms with Gasteiger partial charge in [0.15, 0.2) is 0 Å². The van der Waals surface area contributed by atoms with Gasteiger partial charge in [0.25, 0.3) is 0 Å². The molecule has 1 aromatic rings. The van der Waals surface area contributed by atoms with Crippen LogP contribution in [0, 0.1) is 0 Å². The lowest BCUT2D eigenvalue weighted by molar-refractivity contribution is -0.135. The third-order valence-electron chi connectivity index (χ3n) is 1.58. The van der Waals surface area contributed by atoms with Crippen molar-refractivity contribution in [2.24, 2.45) is 0 Å². The molecule has 80 valence electrons. The molecule has 1 rings (SSSR count). The van der Waals surface area contributed by atoms with E-state index < -0.39 is 18.0 Å². The lowest BCUT2D eigenvalue weighted by Gasteiger charge is -2.09. The summed E-state index contributed by atoms with van der Waals surface area (Å²) < 4.78 is 36.1. The summed E-state index contributed by atoms with van der Waals surface area (Å²) in [7, 11) is 0. The Morgan fingerprint density at radius 1 is 1.36 bits per heavy atom. The Balaban J connectivity index is 2.47. The molecular weight excluding hydrogens is 256 g/mol. The van der Waals surface area contributed by atoms with E-state index in [1.807, 2.05) is 0 Å². The van der Waals surface area contributed by atoms with Crippen molar-refractivity contribution in [3.8, 4) is 0 Å². The van der Waals surface area contributed by atoms with Crippen LogP contribution in [0.15, 0.2) is 12.1 Å². The maximum atomic E-state index is 11.9. The fraction of sp³-hybridized carbons (Fsp3) is 0.500. The van der Waals surface area contributed by atoms with Gasteiger partial charge in [-0.1, -0.05) is 11.6 Å². The van der Waals surface area contributed by atoms with Crippen molar-refractivity contribution >= 4 is 34.5 Å². The van der Waals surface area contributed by atoms with Crippen molar-refractivity contribution in [3.63, 3.8) is 0 Å². The van der Waals surface area contributed by atoms with E-state index in [0.717, 1.165) is 0 Å². The van der Waals surface area contributed by atoms with E-state index in [2.05, 4.69) is 0 Å². The van der Waals surface area contributed by atoms with Crippen LogP contribution in [-0.4, -0.2) is 6.18 Å². The highest BCUT2D eigenvalue weighted by molar-refractivity contribution is 7.16. The van der Waals surface area contributed by atoms with Gasteiger partial charge >= 0.3 is 6.18 Å². The average molecular weight is 263 g/mol. The molecule has 0 N–H and O–H groups in total. The number of halogens is 5. The van der Waals surface area contributed by atoms with Gasteiger partial charge in [-0.15, -0.1) is 22.9 Å². The van der Waals surface area contributed by atoms with Gasteiger partial charge in [0.1, 0.15) is 0 Å². The maximum Gasteiger partial charge on any atom is 0.389 e. The highest BCUT2D eigenvalue weighted by atomic mass is 35.5. The van der Waals surface area contributed by atoms with Crippen LogP contribution in [0.1, 0.15) is 23.1 Å². The maximum absolute atomic E-state index is 11.9. The summed E-state index contributed by atoms with van der Waals surface area (Å²) in [6.07, 6.45) is -5.12. The topological polar surface area (TPSA) is 0 Å². The van der Waals surface area contributed by atoms with Crippen molar-refractivity contribution in [3.05, 3.63) is 21.3 Å². The van der Waals surface area contributed by atoms with E-state index >= 15 is 0 Å². The summed E-state index contributed by atoms with van der Waals surface area (Å²) in [5.41, 5.74) is 0. The first-order valence-electron chi connectivity index (χ1n) is 3.84. The Morgan fingerprint density at radius 3 is 2.43 bits per heavy atom. The standard InChI is InChI=1S/C8H7Cl2F3S/c9-5(3-4-8(11,12)13)6-1-2-7(10)14-6/h1-2,5H,3-4H2. The highest BCUT2D eigenvalue weighted by Crippen LogP contribution is 2.36. The van der Waals surface area contributed by atoms with Crippen LogP contribution in [0.3, 0.4) is 0 Å². The van der Waals surface area contributed by atoms with Gasteiger partial charge in [-0.25, -0.2) is 0 Å². The second-order valence-corrected chi connectivity index (χ2v) is 5.04. The van der Waals surface area contributed by atoms with Crippen molar-refractivity contribution in [1.82, 2.24) is 0 Å². The minimum absolute atomic E-state index is 0.109. The van der Waals surface area contributed by atoms with E-state index in [0.29, 0.717) is 9.21 Å². The Bertz CT molecular complexity index is 295. The van der Waals surface area contributed by atoms with Crippen molar-refractivity contribution in [2.45, 2.75) is 24.4 Å². The Labute approximate surface area is 93.6 Å². The molecule has 0 nitrogen and oxygen atoms in total. The molecule has 0 radical (unpaired) electrons. The van der Waals surface area contributed by atoms with E-state index in [4.69, 9.17) is 23.2 Å². The molecule has 0 aliphatic heterocycles. The first kappa shape index (κ1) is 12.1. The normalized spacial score (nSPS) is 14.4. The Hall–Kier alpha value is 0.0700. The molecule has 0 saturated carbocycles. The highest BCUT2D eigenvalue weighted by Gasteiger charge is 2.28. The minimum atomic E-state index is -4.14. The predicted molar refractivity (Wildman–Crippen MR) is 53.2 cm³/mol. The fourth-order valence-corrected chi connectivity index (χ4v) is 2.32. The van der Waals surface area contributed by atoms with Gasteiger partial charge in [0, 0.05) is 11.3 Å². The summed E-state index contributed by atoms with van der Waals surface area (Å²) in [5, 5.41) is -0.603. The number of thiophene rings is 1. The van der Waals surface area contributed by atoms with Gasteiger partial charge in [-0.05, 0) is 18.6 Å². The van der Waals surface area contributed by atoms with Crippen molar-refractivity contribution in [2.75, 3.05) is 0 Å². The van der Waals surface area contributed by atoms with Gasteiger partial charge in [-0.3, -0.25) is 0 Å². The van der Waals surface area contributed by atoms with Crippen molar-refractivity contribution in [1.29, 1.82) is 0 Å². The van der Waals surface area contributed by atoms with E-state index in [9.17, 15) is 13.2 Å². The zero-order valence-corrected chi connectivity index (χ0v) is 9.27. The van der Waals surface area contributed by atoms with Gasteiger partial charge in [-0.2, -0.15) is 13.2 Å². The van der Waals surface area contributed by atoms with Crippen LogP contribution in [0.25, 0.3) is 0 Å². The fourth-order valence-electron chi connectivity index (χ4n) is 0.929. The molecular formula is C8H7Cl2F3S. The molecule has 1 aromatic heterocycles. The van der Waals surface area contributed by atoms with E-state index in [-0.39, 0.29) is 6.42 Å². The molecule has 6 heteroatoms. The molecule has 1 atom stereocenters. The molecule has 0 aromatic carbocycles. The summed E-state index contributed by atoms with van der Waals surface area (Å²) in [4.78, 5) is 0.681. The van der Waals surface area contributed by atoms with Crippen LogP contribution in [0.5, 0.6) is 0 Å². The average Bonchev–Trinajstić information content (AvgIpc) is 2.46. The van der Waals surface area contributed by atoms with Crippen LogP contribution in [0.2, 0.25) is 4.34 Å². The van der Waals surface area contributed by atoms with Crippen LogP contribution in [-0.2, 0) is 0 Å². The minimum Gasteiger partial charge on any atom is -0.171 e. The summed E-state index contributed by atoms with van der Waals surface area (Å²) in [6, 6.07) is 3.28. The zero-order valence-electron chi connectivity index (χ0n) is 6.94. The lowest BCUT2D eigenvalue weighted by atomic mass is 10.2. The SMILES string of the molecule is FC(F)(F)CCC(Cl)c1ccc(Cl)s1. The Kier molecular flexibility index (Phi) is 4.10. The third-order valence-corrected chi connectivity index (χ3v) is 3.51. The first-order valence-corrected chi connectivity index (χ1v) is 5.47. The van der Waals surface area contributed by atoms with Gasteiger partial charge in [0.05, 0.1) is 9.71 Å². The number of hydrogen-bond acceptors (Lipinski definition) is 1. The monoisotopic (exact) mass is 262 g/mol. The largest absolute Gasteiger partial charge is 0.389 e. The molecule has 0 spiro atoms. The molecule has 0 amide bonds. The summed E-state index contributed by atoms with van der Waals surface area (Å²) >= 11 is 12.6. The van der Waals surface area contributed by atoms with Crippen LogP contribution >= 0.6 is 34.5 Å². The first-order chi connectivity index (χ1) is 6.38. The third kappa shape index (κ3) is 4.07. The van der Waals surface area contributed by atoms with Crippen molar-refractivity contribution < 1.29 is 13.2 Å². The number of rotatable bonds is 3.